The molecule has 0 bridgehead atoms. The largest absolute Gasteiger partial charge is 0.505 e. The monoisotopic (exact) mass is 262 g/mol. The number of phenolic OH excluding ortho intramolecular Hbond substituents is 1. The first-order valence-corrected chi connectivity index (χ1v) is 4.13. The minimum absolute atomic E-state index is 0.119. The van der Waals surface area contributed by atoms with E-state index in [-0.39, 0.29) is 12.1 Å². The molecule has 1 aromatic carbocycles. The first kappa shape index (κ1) is 13.6. The van der Waals surface area contributed by atoms with Gasteiger partial charge in [0.2, 0.25) is 0 Å². The molecule has 0 atom stereocenters. The van der Waals surface area contributed by atoms with Gasteiger partial charge in [-0.1, -0.05) is 0 Å². The molecule has 1 N–H and O–H groups in total. The van der Waals surface area contributed by atoms with Crippen molar-refractivity contribution < 1.29 is 35.8 Å². The molecule has 0 fully saturated rings. The van der Waals surface area contributed by atoms with E-state index in [4.69, 9.17) is 5.11 Å². The first-order chi connectivity index (χ1) is 7.60. The first-order valence-electron chi connectivity index (χ1n) is 4.13. The van der Waals surface area contributed by atoms with Gasteiger partial charge in [0, 0.05) is 5.56 Å². The molecule has 0 aromatic heterocycles. The van der Waals surface area contributed by atoms with Crippen LogP contribution in [-0.2, 0) is 5.92 Å². The van der Waals surface area contributed by atoms with Gasteiger partial charge in [0.25, 0.3) is 0 Å². The van der Waals surface area contributed by atoms with E-state index in [1.807, 2.05) is 0 Å². The maximum Gasteiger partial charge on any atom is 0.373 e. The summed E-state index contributed by atoms with van der Waals surface area (Å²) in [6.45, 7) is 0. The number of benzene rings is 1. The highest BCUT2D eigenvalue weighted by atomic mass is 19.3. The Hall–Kier alpha value is -1.47. The van der Waals surface area contributed by atoms with Crippen molar-refractivity contribution in [2.45, 2.75) is 18.3 Å². The predicted molar refractivity (Wildman–Crippen MR) is 42.9 cm³/mol. The number of rotatable bonds is 3. The molecular formula is C9H5F7O. The van der Waals surface area contributed by atoms with Crippen LogP contribution < -0.4 is 0 Å². The molecule has 0 spiro atoms. The SMILES string of the molecule is Oc1ccc(C(F)(F)C(F)(F)C(F)F)cc1F. The van der Waals surface area contributed by atoms with E-state index in [2.05, 4.69) is 0 Å². The fourth-order valence-electron chi connectivity index (χ4n) is 1.03. The van der Waals surface area contributed by atoms with Crippen molar-refractivity contribution in [3.63, 3.8) is 0 Å². The molecule has 0 aliphatic heterocycles. The van der Waals surface area contributed by atoms with Crippen LogP contribution in [0.2, 0.25) is 0 Å². The Bertz CT molecular complexity index is 416. The second-order valence-corrected chi connectivity index (χ2v) is 3.16. The van der Waals surface area contributed by atoms with Crippen molar-refractivity contribution in [2.24, 2.45) is 0 Å². The minimum atomic E-state index is -5.63. The lowest BCUT2D eigenvalue weighted by Gasteiger charge is -2.26. The summed E-state index contributed by atoms with van der Waals surface area (Å²) in [5.41, 5.74) is -1.64. The maximum atomic E-state index is 13.0. The fraction of sp³-hybridized carbons (Fsp3) is 0.333. The molecule has 0 aliphatic carbocycles. The number of phenols is 1. The van der Waals surface area contributed by atoms with Gasteiger partial charge >= 0.3 is 18.3 Å². The van der Waals surface area contributed by atoms with Gasteiger partial charge in [-0.05, 0) is 18.2 Å². The molecule has 1 nitrogen and oxygen atoms in total. The summed E-state index contributed by atoms with van der Waals surface area (Å²) in [5.74, 6) is -13.5. The van der Waals surface area contributed by atoms with Crippen molar-refractivity contribution in [3.8, 4) is 5.75 Å². The third kappa shape index (κ3) is 2.16. The summed E-state index contributed by atoms with van der Waals surface area (Å²) in [6.07, 6.45) is -4.60. The lowest BCUT2D eigenvalue weighted by molar-refractivity contribution is -0.270. The average Bonchev–Trinajstić information content (AvgIpc) is 2.21. The number of hydrogen-bond acceptors (Lipinski definition) is 1. The van der Waals surface area contributed by atoms with Crippen LogP contribution in [-0.4, -0.2) is 17.5 Å². The zero-order chi connectivity index (χ0) is 13.4. The highest BCUT2D eigenvalue weighted by molar-refractivity contribution is 5.31. The van der Waals surface area contributed by atoms with Gasteiger partial charge in [0.1, 0.15) is 0 Å². The normalized spacial score (nSPS) is 13.2. The number of alkyl halides is 6. The summed E-state index contributed by atoms with van der Waals surface area (Å²) < 4.78 is 87.4. The zero-order valence-electron chi connectivity index (χ0n) is 7.90. The summed E-state index contributed by atoms with van der Waals surface area (Å²) in [6, 6.07) is 0.500. The Morgan fingerprint density at radius 3 is 2.00 bits per heavy atom. The van der Waals surface area contributed by atoms with E-state index in [0.29, 0.717) is 6.07 Å². The average molecular weight is 262 g/mol. The van der Waals surface area contributed by atoms with Crippen LogP contribution in [0.15, 0.2) is 18.2 Å². The second kappa shape index (κ2) is 4.08. The lowest BCUT2D eigenvalue weighted by Crippen LogP contribution is -2.44. The molecule has 1 rings (SSSR count). The molecule has 8 heteroatoms. The third-order valence-electron chi connectivity index (χ3n) is 2.00. The smallest absolute Gasteiger partial charge is 0.373 e. The van der Waals surface area contributed by atoms with Gasteiger partial charge in [-0.2, -0.15) is 17.6 Å². The molecule has 17 heavy (non-hydrogen) atoms. The van der Waals surface area contributed by atoms with Gasteiger partial charge in [-0.25, -0.2) is 13.2 Å². The van der Waals surface area contributed by atoms with E-state index in [0.717, 1.165) is 0 Å². The van der Waals surface area contributed by atoms with Gasteiger partial charge in [0.05, 0.1) is 0 Å². The Labute approximate surface area is 90.5 Å². The molecule has 96 valence electrons. The van der Waals surface area contributed by atoms with E-state index < -0.39 is 35.4 Å². The minimum Gasteiger partial charge on any atom is -0.505 e. The van der Waals surface area contributed by atoms with Crippen LogP contribution in [0.1, 0.15) is 5.56 Å². The topological polar surface area (TPSA) is 20.2 Å². The molecule has 0 aliphatic rings. The van der Waals surface area contributed by atoms with E-state index >= 15 is 0 Å². The van der Waals surface area contributed by atoms with Crippen LogP contribution in [0.3, 0.4) is 0 Å². The third-order valence-corrected chi connectivity index (χ3v) is 2.00. The highest BCUT2D eigenvalue weighted by Gasteiger charge is 2.63. The Morgan fingerprint density at radius 1 is 1.06 bits per heavy atom. The van der Waals surface area contributed by atoms with Gasteiger partial charge < -0.3 is 5.11 Å². The van der Waals surface area contributed by atoms with Crippen LogP contribution in [0, 0.1) is 5.82 Å². The van der Waals surface area contributed by atoms with Crippen molar-refractivity contribution >= 4 is 0 Å². The molecule has 1 aromatic rings. The van der Waals surface area contributed by atoms with Crippen LogP contribution in [0.4, 0.5) is 30.7 Å². The Kier molecular flexibility index (Phi) is 3.26. The quantitative estimate of drug-likeness (QED) is 0.826. The van der Waals surface area contributed by atoms with Crippen LogP contribution in [0.25, 0.3) is 0 Å². The molecule has 0 saturated carbocycles. The van der Waals surface area contributed by atoms with Crippen molar-refractivity contribution in [2.75, 3.05) is 0 Å². The van der Waals surface area contributed by atoms with Gasteiger partial charge in [-0.3, -0.25) is 0 Å². The molecule has 0 heterocycles. The predicted octanol–water partition coefficient (Wildman–Crippen LogP) is 3.52. The summed E-state index contributed by atoms with van der Waals surface area (Å²) in [5, 5.41) is 8.67. The Balaban J connectivity index is 3.25. The fourth-order valence-corrected chi connectivity index (χ4v) is 1.03. The second-order valence-electron chi connectivity index (χ2n) is 3.16. The van der Waals surface area contributed by atoms with Crippen LogP contribution in [0.5, 0.6) is 5.75 Å². The highest BCUT2D eigenvalue weighted by Crippen LogP contribution is 2.46. The molecule has 0 unspecified atom stereocenters. The summed E-state index contributed by atoms with van der Waals surface area (Å²) in [4.78, 5) is 0. The van der Waals surface area contributed by atoms with E-state index in [9.17, 15) is 30.7 Å². The van der Waals surface area contributed by atoms with E-state index in [1.165, 1.54) is 0 Å². The van der Waals surface area contributed by atoms with Gasteiger partial charge in [0.15, 0.2) is 11.6 Å². The summed E-state index contributed by atoms with van der Waals surface area (Å²) in [7, 11) is 0. The number of aromatic hydroxyl groups is 1. The standard InChI is InChI=1S/C9H5F7O/c10-5-3-4(1-2-6(5)17)8(13,14)9(15,16)7(11)12/h1-3,7,17H. The van der Waals surface area contributed by atoms with Gasteiger partial charge in [-0.15, -0.1) is 0 Å². The number of halogens is 7. The summed E-state index contributed by atoms with van der Waals surface area (Å²) >= 11 is 0. The molecule has 0 amide bonds. The van der Waals surface area contributed by atoms with Crippen LogP contribution >= 0.6 is 0 Å². The van der Waals surface area contributed by atoms with E-state index in [1.54, 1.807) is 0 Å². The molecule has 0 saturated heterocycles. The van der Waals surface area contributed by atoms with Crippen molar-refractivity contribution in [1.29, 1.82) is 0 Å². The molecular weight excluding hydrogens is 257 g/mol. The number of hydrogen-bond donors (Lipinski definition) is 1. The zero-order valence-corrected chi connectivity index (χ0v) is 7.90. The maximum absolute atomic E-state index is 13.0. The van der Waals surface area contributed by atoms with Crippen molar-refractivity contribution in [3.05, 3.63) is 29.6 Å². The Morgan fingerprint density at radius 2 is 1.59 bits per heavy atom. The molecule has 0 radical (unpaired) electrons. The van der Waals surface area contributed by atoms with Crippen molar-refractivity contribution in [1.82, 2.24) is 0 Å². The lowest BCUT2D eigenvalue weighted by atomic mass is 10.0.